The van der Waals surface area contributed by atoms with Crippen molar-refractivity contribution >= 4 is 11.8 Å². The summed E-state index contributed by atoms with van der Waals surface area (Å²) in [6, 6.07) is 0. The summed E-state index contributed by atoms with van der Waals surface area (Å²) < 4.78 is 0. The molecular formula is C12H26OS. The Kier molecular flexibility index (Phi) is 10.1. The van der Waals surface area contributed by atoms with Crippen LogP contribution in [0.4, 0.5) is 0 Å². The summed E-state index contributed by atoms with van der Waals surface area (Å²) in [6.07, 6.45) is 7.17. The molecule has 0 aromatic rings. The van der Waals surface area contributed by atoms with Gasteiger partial charge in [0.2, 0.25) is 0 Å². The van der Waals surface area contributed by atoms with Crippen molar-refractivity contribution in [3.8, 4) is 0 Å². The minimum Gasteiger partial charge on any atom is -0.392 e. The predicted molar refractivity (Wildman–Crippen MR) is 67.0 cm³/mol. The predicted octanol–water partition coefficient (Wildman–Crippen LogP) is 3.85. The maximum absolute atomic E-state index is 9.67. The summed E-state index contributed by atoms with van der Waals surface area (Å²) in [6.45, 7) is 6.65. The SMILES string of the molecule is CCCCCCC(O)CSC(C)CC. The molecule has 0 saturated carbocycles. The number of hydrogen-bond acceptors (Lipinski definition) is 2. The molecule has 0 amide bonds. The number of thioether (sulfide) groups is 1. The zero-order valence-electron chi connectivity index (χ0n) is 9.96. The van der Waals surface area contributed by atoms with E-state index in [1.807, 2.05) is 11.8 Å². The molecule has 86 valence electrons. The average molecular weight is 218 g/mol. The lowest BCUT2D eigenvalue weighted by atomic mass is 10.1. The monoisotopic (exact) mass is 218 g/mol. The van der Waals surface area contributed by atoms with Gasteiger partial charge in [-0.3, -0.25) is 0 Å². The standard InChI is InChI=1S/C12H26OS/c1-4-6-7-8-9-12(13)10-14-11(3)5-2/h11-13H,4-10H2,1-3H3. The van der Waals surface area contributed by atoms with Gasteiger partial charge in [-0.15, -0.1) is 0 Å². The van der Waals surface area contributed by atoms with E-state index in [2.05, 4.69) is 20.8 Å². The summed E-state index contributed by atoms with van der Waals surface area (Å²) in [4.78, 5) is 0. The highest BCUT2D eigenvalue weighted by atomic mass is 32.2. The minimum atomic E-state index is -0.0779. The smallest absolute Gasteiger partial charge is 0.0630 e. The fourth-order valence-corrected chi connectivity index (χ4v) is 2.24. The first-order chi connectivity index (χ1) is 6.70. The number of hydrogen-bond donors (Lipinski definition) is 1. The van der Waals surface area contributed by atoms with Crippen LogP contribution in [0.15, 0.2) is 0 Å². The van der Waals surface area contributed by atoms with Crippen molar-refractivity contribution < 1.29 is 5.11 Å². The van der Waals surface area contributed by atoms with E-state index in [0.717, 1.165) is 12.2 Å². The summed E-state index contributed by atoms with van der Waals surface area (Å²) in [5, 5.41) is 10.4. The molecule has 0 saturated heterocycles. The van der Waals surface area contributed by atoms with Crippen LogP contribution in [-0.2, 0) is 0 Å². The van der Waals surface area contributed by atoms with E-state index in [4.69, 9.17) is 0 Å². The first kappa shape index (κ1) is 14.3. The van der Waals surface area contributed by atoms with Crippen molar-refractivity contribution in [2.75, 3.05) is 5.75 Å². The highest BCUT2D eigenvalue weighted by Crippen LogP contribution is 2.17. The van der Waals surface area contributed by atoms with Gasteiger partial charge in [-0.2, -0.15) is 11.8 Å². The Hall–Kier alpha value is 0.310. The quantitative estimate of drug-likeness (QED) is 0.593. The van der Waals surface area contributed by atoms with E-state index in [1.165, 1.54) is 32.1 Å². The van der Waals surface area contributed by atoms with E-state index < -0.39 is 0 Å². The Bertz CT molecular complexity index is 117. The highest BCUT2D eigenvalue weighted by molar-refractivity contribution is 7.99. The molecule has 2 unspecified atom stereocenters. The third-order valence-corrected chi connectivity index (χ3v) is 4.02. The molecule has 2 heteroatoms. The van der Waals surface area contributed by atoms with E-state index >= 15 is 0 Å². The second-order valence-corrected chi connectivity index (χ2v) is 5.53. The van der Waals surface area contributed by atoms with Gasteiger partial charge in [0.15, 0.2) is 0 Å². The molecule has 0 aromatic heterocycles. The van der Waals surface area contributed by atoms with Crippen LogP contribution >= 0.6 is 11.8 Å². The van der Waals surface area contributed by atoms with Gasteiger partial charge in [-0.25, -0.2) is 0 Å². The zero-order chi connectivity index (χ0) is 10.8. The Balaban J connectivity index is 3.23. The van der Waals surface area contributed by atoms with Crippen molar-refractivity contribution in [3.63, 3.8) is 0 Å². The molecule has 0 radical (unpaired) electrons. The second-order valence-electron chi connectivity index (χ2n) is 4.06. The van der Waals surface area contributed by atoms with Gasteiger partial charge in [0.05, 0.1) is 6.10 Å². The van der Waals surface area contributed by atoms with Crippen molar-refractivity contribution in [2.45, 2.75) is 70.7 Å². The van der Waals surface area contributed by atoms with Crippen LogP contribution in [0.25, 0.3) is 0 Å². The van der Waals surface area contributed by atoms with Crippen molar-refractivity contribution in [3.05, 3.63) is 0 Å². The third kappa shape index (κ3) is 8.89. The second kappa shape index (κ2) is 9.85. The molecule has 0 aliphatic heterocycles. The third-order valence-electron chi connectivity index (χ3n) is 2.54. The van der Waals surface area contributed by atoms with Crippen LogP contribution in [-0.4, -0.2) is 22.2 Å². The van der Waals surface area contributed by atoms with Crippen LogP contribution in [0.3, 0.4) is 0 Å². The van der Waals surface area contributed by atoms with Gasteiger partial charge >= 0.3 is 0 Å². The van der Waals surface area contributed by atoms with Gasteiger partial charge in [0.25, 0.3) is 0 Å². The van der Waals surface area contributed by atoms with Crippen LogP contribution in [0, 0.1) is 0 Å². The average Bonchev–Trinajstić information content (AvgIpc) is 2.21. The normalized spacial score (nSPS) is 15.4. The van der Waals surface area contributed by atoms with Gasteiger partial charge in [0.1, 0.15) is 0 Å². The maximum atomic E-state index is 9.67. The van der Waals surface area contributed by atoms with Crippen LogP contribution in [0.2, 0.25) is 0 Å². The first-order valence-electron chi connectivity index (χ1n) is 6.00. The Morgan fingerprint density at radius 2 is 1.86 bits per heavy atom. The molecule has 0 aromatic carbocycles. The topological polar surface area (TPSA) is 20.2 Å². The molecule has 0 spiro atoms. The lowest BCUT2D eigenvalue weighted by Gasteiger charge is -2.13. The molecule has 0 aliphatic carbocycles. The van der Waals surface area contributed by atoms with Gasteiger partial charge in [0, 0.05) is 11.0 Å². The van der Waals surface area contributed by atoms with Crippen LogP contribution < -0.4 is 0 Å². The number of unbranched alkanes of at least 4 members (excludes halogenated alkanes) is 3. The fraction of sp³-hybridized carbons (Fsp3) is 1.00. The summed E-state index contributed by atoms with van der Waals surface area (Å²) in [5.74, 6) is 0.918. The Labute approximate surface area is 93.7 Å². The molecule has 0 bridgehead atoms. The highest BCUT2D eigenvalue weighted by Gasteiger charge is 2.06. The molecule has 14 heavy (non-hydrogen) atoms. The fourth-order valence-electron chi connectivity index (χ4n) is 1.28. The van der Waals surface area contributed by atoms with E-state index in [9.17, 15) is 5.11 Å². The zero-order valence-corrected chi connectivity index (χ0v) is 10.8. The number of aliphatic hydroxyl groups is 1. The van der Waals surface area contributed by atoms with Gasteiger partial charge in [-0.05, 0) is 12.8 Å². The summed E-state index contributed by atoms with van der Waals surface area (Å²) in [5.41, 5.74) is 0. The summed E-state index contributed by atoms with van der Waals surface area (Å²) in [7, 11) is 0. The van der Waals surface area contributed by atoms with Gasteiger partial charge < -0.3 is 5.11 Å². The molecule has 0 heterocycles. The van der Waals surface area contributed by atoms with E-state index in [1.54, 1.807) is 0 Å². The van der Waals surface area contributed by atoms with Crippen LogP contribution in [0.5, 0.6) is 0 Å². The van der Waals surface area contributed by atoms with Gasteiger partial charge in [-0.1, -0.05) is 46.5 Å². The minimum absolute atomic E-state index is 0.0779. The molecule has 0 fully saturated rings. The number of rotatable bonds is 9. The molecule has 2 atom stereocenters. The number of aliphatic hydroxyl groups excluding tert-OH is 1. The lowest BCUT2D eigenvalue weighted by Crippen LogP contribution is -2.11. The maximum Gasteiger partial charge on any atom is 0.0630 e. The lowest BCUT2D eigenvalue weighted by molar-refractivity contribution is 0.185. The van der Waals surface area contributed by atoms with E-state index in [0.29, 0.717) is 5.25 Å². The molecule has 0 aliphatic rings. The van der Waals surface area contributed by atoms with Crippen LogP contribution in [0.1, 0.15) is 59.3 Å². The Morgan fingerprint density at radius 1 is 1.14 bits per heavy atom. The van der Waals surface area contributed by atoms with Crippen molar-refractivity contribution in [2.24, 2.45) is 0 Å². The summed E-state index contributed by atoms with van der Waals surface area (Å²) >= 11 is 1.90. The largest absolute Gasteiger partial charge is 0.392 e. The van der Waals surface area contributed by atoms with Crippen molar-refractivity contribution in [1.29, 1.82) is 0 Å². The molecular weight excluding hydrogens is 192 g/mol. The first-order valence-corrected chi connectivity index (χ1v) is 7.05. The van der Waals surface area contributed by atoms with Crippen molar-refractivity contribution in [1.82, 2.24) is 0 Å². The van der Waals surface area contributed by atoms with E-state index in [-0.39, 0.29) is 6.10 Å². The molecule has 0 rings (SSSR count). The molecule has 1 N–H and O–H groups in total. The molecule has 1 nitrogen and oxygen atoms in total. The Morgan fingerprint density at radius 3 is 2.43 bits per heavy atom.